The molecule has 0 fully saturated rings. The average Bonchev–Trinajstić information content (AvgIpc) is 3.20. The number of nitrogens with one attached hydrogen (secondary N) is 1. The third kappa shape index (κ3) is 2.50. The van der Waals surface area contributed by atoms with Gasteiger partial charge in [-0.25, -0.2) is 14.6 Å². The van der Waals surface area contributed by atoms with Crippen molar-refractivity contribution in [1.82, 2.24) is 34.7 Å². The van der Waals surface area contributed by atoms with E-state index in [0.717, 1.165) is 28.2 Å². The van der Waals surface area contributed by atoms with Gasteiger partial charge in [0.2, 0.25) is 0 Å². The summed E-state index contributed by atoms with van der Waals surface area (Å²) < 4.78 is 3.46. The Kier molecular flexibility index (Phi) is 3.19. The quantitative estimate of drug-likeness (QED) is 0.615. The maximum absolute atomic E-state index is 4.43. The third-order valence-corrected chi connectivity index (χ3v) is 3.45. The molecule has 0 aliphatic carbocycles. The van der Waals surface area contributed by atoms with Gasteiger partial charge in [-0.2, -0.15) is 5.10 Å². The zero-order valence-electron chi connectivity index (χ0n) is 12.5. The van der Waals surface area contributed by atoms with Gasteiger partial charge < -0.3 is 5.32 Å². The molecule has 1 N–H and O–H groups in total. The molecule has 4 aromatic rings. The summed E-state index contributed by atoms with van der Waals surface area (Å²) in [4.78, 5) is 8.66. The van der Waals surface area contributed by atoms with Gasteiger partial charge in [0, 0.05) is 13.2 Å². The van der Waals surface area contributed by atoms with Crippen LogP contribution in [-0.2, 0) is 13.6 Å². The first-order valence-electron chi connectivity index (χ1n) is 7.14. The minimum absolute atomic E-state index is 0.538. The number of aromatic nitrogens is 7. The zero-order valence-corrected chi connectivity index (χ0v) is 12.5. The molecule has 4 rings (SSSR count). The van der Waals surface area contributed by atoms with Crippen molar-refractivity contribution in [2.24, 2.45) is 7.05 Å². The van der Waals surface area contributed by atoms with Crippen molar-refractivity contribution in [2.75, 3.05) is 5.32 Å². The van der Waals surface area contributed by atoms with Gasteiger partial charge in [-0.05, 0) is 12.1 Å². The molecule has 0 bridgehead atoms. The Morgan fingerprint density at radius 3 is 2.78 bits per heavy atom. The first kappa shape index (κ1) is 13.4. The van der Waals surface area contributed by atoms with E-state index in [4.69, 9.17) is 0 Å². The Morgan fingerprint density at radius 2 is 2.00 bits per heavy atom. The second-order valence-electron chi connectivity index (χ2n) is 5.09. The number of hydrogen-bond donors (Lipinski definition) is 1. The van der Waals surface area contributed by atoms with Gasteiger partial charge in [-0.1, -0.05) is 23.4 Å². The van der Waals surface area contributed by atoms with Crippen LogP contribution < -0.4 is 5.32 Å². The van der Waals surface area contributed by atoms with Crippen LogP contribution in [0, 0.1) is 0 Å². The number of rotatable bonds is 4. The molecule has 3 heterocycles. The van der Waals surface area contributed by atoms with Crippen molar-refractivity contribution >= 4 is 16.9 Å². The maximum atomic E-state index is 4.43. The Labute approximate surface area is 131 Å². The SMILES string of the molecule is Cn1cc(CNc2ncnc3c2cnn3-c2ccccc2)nn1. The van der Waals surface area contributed by atoms with E-state index in [0.29, 0.717) is 6.54 Å². The van der Waals surface area contributed by atoms with E-state index in [2.05, 4.69) is 30.7 Å². The molecule has 23 heavy (non-hydrogen) atoms. The van der Waals surface area contributed by atoms with E-state index in [1.165, 1.54) is 6.33 Å². The summed E-state index contributed by atoms with van der Waals surface area (Å²) in [6, 6.07) is 9.88. The minimum atomic E-state index is 0.538. The Hall–Kier alpha value is -3.29. The molecular weight excluding hydrogens is 292 g/mol. The van der Waals surface area contributed by atoms with Gasteiger partial charge in [0.1, 0.15) is 17.8 Å². The molecule has 8 nitrogen and oxygen atoms in total. The smallest absolute Gasteiger partial charge is 0.168 e. The Balaban J connectivity index is 1.67. The third-order valence-electron chi connectivity index (χ3n) is 3.45. The summed E-state index contributed by atoms with van der Waals surface area (Å²) in [6.45, 7) is 0.538. The van der Waals surface area contributed by atoms with E-state index < -0.39 is 0 Å². The van der Waals surface area contributed by atoms with E-state index in [1.54, 1.807) is 15.6 Å². The number of hydrogen-bond acceptors (Lipinski definition) is 6. The molecule has 0 amide bonds. The average molecular weight is 306 g/mol. The van der Waals surface area contributed by atoms with Crippen molar-refractivity contribution in [3.8, 4) is 5.69 Å². The number of nitrogens with zero attached hydrogens (tertiary/aromatic N) is 7. The molecule has 8 heteroatoms. The molecule has 114 valence electrons. The second-order valence-corrected chi connectivity index (χ2v) is 5.09. The highest BCUT2D eigenvalue weighted by atomic mass is 15.4. The van der Waals surface area contributed by atoms with E-state index in [9.17, 15) is 0 Å². The molecule has 0 aliphatic rings. The summed E-state index contributed by atoms with van der Waals surface area (Å²) in [7, 11) is 1.84. The lowest BCUT2D eigenvalue weighted by Crippen LogP contribution is -2.03. The lowest BCUT2D eigenvalue weighted by Gasteiger charge is -2.05. The van der Waals surface area contributed by atoms with Crippen molar-refractivity contribution < 1.29 is 0 Å². The molecule has 1 aromatic carbocycles. The first-order chi connectivity index (χ1) is 11.3. The van der Waals surface area contributed by atoms with Gasteiger partial charge in [-0.15, -0.1) is 5.10 Å². The highest BCUT2D eigenvalue weighted by molar-refractivity contribution is 5.87. The van der Waals surface area contributed by atoms with Crippen LogP contribution >= 0.6 is 0 Å². The second kappa shape index (κ2) is 5.48. The fourth-order valence-electron chi connectivity index (χ4n) is 2.39. The fraction of sp³-hybridized carbons (Fsp3) is 0.133. The Morgan fingerprint density at radius 1 is 1.13 bits per heavy atom. The molecule has 0 saturated carbocycles. The van der Waals surface area contributed by atoms with Crippen LogP contribution in [-0.4, -0.2) is 34.7 Å². The van der Waals surface area contributed by atoms with Crippen LogP contribution in [0.15, 0.2) is 49.1 Å². The summed E-state index contributed by atoms with van der Waals surface area (Å²) in [6.07, 6.45) is 5.16. The van der Waals surface area contributed by atoms with Gasteiger partial charge in [0.15, 0.2) is 5.65 Å². The Bertz CT molecular complexity index is 940. The predicted molar refractivity (Wildman–Crippen MR) is 85.0 cm³/mol. The van der Waals surface area contributed by atoms with Gasteiger partial charge in [-0.3, -0.25) is 4.68 Å². The van der Waals surface area contributed by atoms with Gasteiger partial charge in [0.25, 0.3) is 0 Å². The van der Waals surface area contributed by atoms with Crippen LogP contribution in [0.1, 0.15) is 5.69 Å². The first-order valence-corrected chi connectivity index (χ1v) is 7.14. The molecule has 0 radical (unpaired) electrons. The molecule has 0 atom stereocenters. The van der Waals surface area contributed by atoms with Gasteiger partial charge in [0.05, 0.1) is 23.8 Å². The van der Waals surface area contributed by atoms with E-state index >= 15 is 0 Å². The number of fused-ring (bicyclic) bond motifs is 1. The van der Waals surface area contributed by atoms with Crippen LogP contribution in [0.5, 0.6) is 0 Å². The fourth-order valence-corrected chi connectivity index (χ4v) is 2.39. The highest BCUT2D eigenvalue weighted by Gasteiger charge is 2.11. The highest BCUT2D eigenvalue weighted by Crippen LogP contribution is 2.21. The van der Waals surface area contributed by atoms with E-state index in [-0.39, 0.29) is 0 Å². The predicted octanol–water partition coefficient (Wildman–Crippen LogP) is 1.56. The topological polar surface area (TPSA) is 86.3 Å². The van der Waals surface area contributed by atoms with Crippen LogP contribution in [0.3, 0.4) is 0 Å². The largest absolute Gasteiger partial charge is 0.364 e. The maximum Gasteiger partial charge on any atom is 0.168 e. The molecule has 0 saturated heterocycles. The summed E-state index contributed by atoms with van der Waals surface area (Å²) in [5, 5.41) is 16.5. The summed E-state index contributed by atoms with van der Waals surface area (Å²) in [5.74, 6) is 0.725. The van der Waals surface area contributed by atoms with Crippen molar-refractivity contribution in [3.05, 3.63) is 54.7 Å². The number of benzene rings is 1. The lowest BCUT2D eigenvalue weighted by molar-refractivity contribution is 0.713. The molecule has 0 unspecified atom stereocenters. The molecule has 0 aliphatic heterocycles. The van der Waals surface area contributed by atoms with Crippen molar-refractivity contribution in [1.29, 1.82) is 0 Å². The molecular formula is C15H14N8. The lowest BCUT2D eigenvalue weighted by atomic mass is 10.3. The summed E-state index contributed by atoms with van der Waals surface area (Å²) in [5.41, 5.74) is 2.56. The molecule has 0 spiro atoms. The molecule has 3 aromatic heterocycles. The number of aryl methyl sites for hydroxylation is 1. The normalized spacial score (nSPS) is 11.0. The van der Waals surface area contributed by atoms with Crippen LogP contribution in [0.4, 0.5) is 5.82 Å². The standard InChI is InChI=1S/C15H14N8/c1-22-9-11(20-21-22)7-16-14-13-8-19-23(15(13)18-10-17-14)12-5-3-2-4-6-12/h2-6,8-10H,7H2,1H3,(H,16,17,18). The van der Waals surface area contributed by atoms with Crippen molar-refractivity contribution in [3.63, 3.8) is 0 Å². The van der Waals surface area contributed by atoms with E-state index in [1.807, 2.05) is 43.6 Å². The minimum Gasteiger partial charge on any atom is -0.364 e. The van der Waals surface area contributed by atoms with Crippen LogP contribution in [0.25, 0.3) is 16.7 Å². The monoisotopic (exact) mass is 306 g/mol. The van der Waals surface area contributed by atoms with Crippen molar-refractivity contribution in [2.45, 2.75) is 6.54 Å². The number of para-hydroxylation sites is 1. The number of anilines is 1. The zero-order chi connectivity index (χ0) is 15.6. The van der Waals surface area contributed by atoms with Crippen LogP contribution in [0.2, 0.25) is 0 Å². The summed E-state index contributed by atoms with van der Waals surface area (Å²) >= 11 is 0. The van der Waals surface area contributed by atoms with Gasteiger partial charge >= 0.3 is 0 Å².